The van der Waals surface area contributed by atoms with Crippen molar-refractivity contribution in [2.45, 2.75) is 44.1 Å². The van der Waals surface area contributed by atoms with E-state index in [1.54, 1.807) is 0 Å². The molecule has 1 unspecified atom stereocenters. The second-order valence-electron chi connectivity index (χ2n) is 7.91. The van der Waals surface area contributed by atoms with Gasteiger partial charge in [0.25, 0.3) is 0 Å². The Hall–Kier alpha value is -1.14. The first kappa shape index (κ1) is 16.3. The Labute approximate surface area is 143 Å². The molecule has 6 nitrogen and oxygen atoms in total. The van der Waals surface area contributed by atoms with Crippen LogP contribution in [0.25, 0.3) is 0 Å². The third-order valence-corrected chi connectivity index (χ3v) is 6.08. The first-order chi connectivity index (χ1) is 11.7. The van der Waals surface area contributed by atoms with E-state index in [1.807, 2.05) is 4.90 Å². The molecular weight excluding hydrogens is 306 g/mol. The van der Waals surface area contributed by atoms with Crippen LogP contribution in [0, 0.1) is 11.8 Å². The molecule has 2 amide bonds. The van der Waals surface area contributed by atoms with Crippen LogP contribution in [0.1, 0.15) is 38.5 Å². The number of hydrogen-bond donors (Lipinski definition) is 1. The predicted octanol–water partition coefficient (Wildman–Crippen LogP) is 0.616. The molecule has 4 rings (SSSR count). The maximum Gasteiger partial charge on any atom is 0.243 e. The largest absolute Gasteiger partial charge is 0.379 e. The van der Waals surface area contributed by atoms with Crippen LogP contribution in [0.3, 0.4) is 0 Å². The highest BCUT2D eigenvalue weighted by molar-refractivity contribution is 5.90. The van der Waals surface area contributed by atoms with Crippen LogP contribution in [-0.2, 0) is 14.3 Å². The Morgan fingerprint density at radius 3 is 2.50 bits per heavy atom. The molecule has 4 aliphatic rings. The minimum absolute atomic E-state index is 0.0260. The number of hydrogen-bond acceptors (Lipinski definition) is 4. The number of carbonyl (C=O) groups excluding carboxylic acids is 2. The van der Waals surface area contributed by atoms with Crippen molar-refractivity contribution in [1.82, 2.24) is 15.1 Å². The van der Waals surface area contributed by atoms with Gasteiger partial charge in [-0.2, -0.15) is 0 Å². The van der Waals surface area contributed by atoms with E-state index in [-0.39, 0.29) is 23.3 Å². The monoisotopic (exact) mass is 335 g/mol. The predicted molar refractivity (Wildman–Crippen MR) is 89.4 cm³/mol. The van der Waals surface area contributed by atoms with Gasteiger partial charge in [0.15, 0.2) is 0 Å². The smallest absolute Gasteiger partial charge is 0.243 e. The first-order valence-electron chi connectivity index (χ1n) is 9.59. The van der Waals surface area contributed by atoms with Crippen LogP contribution in [0.15, 0.2) is 0 Å². The van der Waals surface area contributed by atoms with Gasteiger partial charge in [-0.05, 0) is 44.4 Å². The highest BCUT2D eigenvalue weighted by atomic mass is 16.5. The van der Waals surface area contributed by atoms with E-state index >= 15 is 0 Å². The lowest BCUT2D eigenvalue weighted by atomic mass is 9.96. The summed E-state index contributed by atoms with van der Waals surface area (Å²) in [7, 11) is 0. The van der Waals surface area contributed by atoms with Crippen molar-refractivity contribution in [3.63, 3.8) is 0 Å². The van der Waals surface area contributed by atoms with E-state index in [0.29, 0.717) is 12.5 Å². The molecule has 1 atom stereocenters. The molecule has 0 aromatic heterocycles. The number of carbonyl (C=O) groups is 2. The highest BCUT2D eigenvalue weighted by Crippen LogP contribution is 2.44. The number of rotatable bonds is 5. The molecule has 0 radical (unpaired) electrons. The summed E-state index contributed by atoms with van der Waals surface area (Å²) in [4.78, 5) is 29.8. The van der Waals surface area contributed by atoms with E-state index in [4.69, 9.17) is 4.74 Å². The fourth-order valence-corrected chi connectivity index (χ4v) is 4.16. The molecule has 0 aromatic rings. The maximum atomic E-state index is 13.1. The van der Waals surface area contributed by atoms with Crippen molar-refractivity contribution in [3.8, 4) is 0 Å². The standard InChI is InChI=1S/C18H29N3O3/c22-16(19-12-14-3-4-14)15-2-1-7-20(13-15)17(23)18(5-6-18)21-8-10-24-11-9-21/h14-15H,1-13H2,(H,19,22). The van der Waals surface area contributed by atoms with Gasteiger partial charge in [0.2, 0.25) is 11.8 Å². The molecule has 2 aliphatic heterocycles. The van der Waals surface area contributed by atoms with Gasteiger partial charge in [-0.1, -0.05) is 0 Å². The highest BCUT2D eigenvalue weighted by Gasteiger charge is 2.56. The summed E-state index contributed by atoms with van der Waals surface area (Å²) < 4.78 is 5.43. The van der Waals surface area contributed by atoms with Crippen molar-refractivity contribution >= 4 is 11.8 Å². The second kappa shape index (κ2) is 6.64. The Balaban J connectivity index is 1.34. The number of amides is 2. The van der Waals surface area contributed by atoms with E-state index in [2.05, 4.69) is 10.2 Å². The lowest BCUT2D eigenvalue weighted by molar-refractivity contribution is -0.144. The van der Waals surface area contributed by atoms with E-state index in [1.165, 1.54) is 12.8 Å². The van der Waals surface area contributed by atoms with Gasteiger partial charge in [-0.25, -0.2) is 0 Å². The number of nitrogens with one attached hydrogen (secondary N) is 1. The maximum absolute atomic E-state index is 13.1. The number of ether oxygens (including phenoxy) is 1. The van der Waals surface area contributed by atoms with E-state index in [9.17, 15) is 9.59 Å². The van der Waals surface area contributed by atoms with Gasteiger partial charge in [-0.3, -0.25) is 14.5 Å². The van der Waals surface area contributed by atoms with E-state index in [0.717, 1.165) is 65.1 Å². The first-order valence-corrected chi connectivity index (χ1v) is 9.59. The zero-order valence-corrected chi connectivity index (χ0v) is 14.5. The molecule has 134 valence electrons. The third kappa shape index (κ3) is 3.31. The minimum atomic E-state index is -0.282. The Bertz CT molecular complexity index is 496. The molecule has 0 aromatic carbocycles. The van der Waals surface area contributed by atoms with Crippen molar-refractivity contribution in [3.05, 3.63) is 0 Å². The molecule has 1 N–H and O–H groups in total. The zero-order valence-electron chi connectivity index (χ0n) is 14.5. The van der Waals surface area contributed by atoms with Gasteiger partial charge in [0.1, 0.15) is 5.54 Å². The minimum Gasteiger partial charge on any atom is -0.379 e. The van der Waals surface area contributed by atoms with Crippen molar-refractivity contribution < 1.29 is 14.3 Å². The SMILES string of the molecule is O=C(NCC1CC1)C1CCCN(C(=O)C2(N3CCOCC3)CC2)C1. The number of likely N-dealkylation sites (tertiary alicyclic amines) is 1. The topological polar surface area (TPSA) is 61.9 Å². The Morgan fingerprint density at radius 1 is 1.08 bits per heavy atom. The Morgan fingerprint density at radius 2 is 1.83 bits per heavy atom. The fraction of sp³-hybridized carbons (Fsp3) is 0.889. The van der Waals surface area contributed by atoms with Crippen molar-refractivity contribution in [2.75, 3.05) is 45.9 Å². The van der Waals surface area contributed by atoms with Crippen LogP contribution in [0.4, 0.5) is 0 Å². The second-order valence-corrected chi connectivity index (χ2v) is 7.91. The quantitative estimate of drug-likeness (QED) is 0.800. The van der Waals surface area contributed by atoms with Gasteiger partial charge in [0, 0.05) is 32.7 Å². The van der Waals surface area contributed by atoms with Crippen molar-refractivity contribution in [2.24, 2.45) is 11.8 Å². The number of morpholine rings is 1. The lowest BCUT2D eigenvalue weighted by Crippen LogP contribution is -2.56. The average molecular weight is 335 g/mol. The fourth-order valence-electron chi connectivity index (χ4n) is 4.16. The molecule has 0 spiro atoms. The van der Waals surface area contributed by atoms with Gasteiger partial charge < -0.3 is 15.0 Å². The summed E-state index contributed by atoms with van der Waals surface area (Å²) in [6, 6.07) is 0. The van der Waals surface area contributed by atoms with Gasteiger partial charge in [-0.15, -0.1) is 0 Å². The summed E-state index contributed by atoms with van der Waals surface area (Å²) in [6.07, 6.45) is 6.26. The molecule has 2 aliphatic carbocycles. The summed E-state index contributed by atoms with van der Waals surface area (Å²) in [5.74, 6) is 1.08. The summed E-state index contributed by atoms with van der Waals surface area (Å²) in [5, 5.41) is 3.09. The van der Waals surface area contributed by atoms with Crippen molar-refractivity contribution in [1.29, 1.82) is 0 Å². The van der Waals surface area contributed by atoms with Crippen LogP contribution in [-0.4, -0.2) is 73.1 Å². The third-order valence-electron chi connectivity index (χ3n) is 6.08. The summed E-state index contributed by atoms with van der Waals surface area (Å²) >= 11 is 0. The molecule has 2 heterocycles. The normalized spacial score (nSPS) is 30.0. The average Bonchev–Trinajstić information content (AvgIpc) is 3.54. The zero-order chi connectivity index (χ0) is 16.6. The molecule has 6 heteroatoms. The van der Waals surface area contributed by atoms with Crippen LogP contribution in [0.5, 0.6) is 0 Å². The van der Waals surface area contributed by atoms with Crippen LogP contribution < -0.4 is 5.32 Å². The summed E-state index contributed by atoms with van der Waals surface area (Å²) in [5.41, 5.74) is -0.282. The van der Waals surface area contributed by atoms with Crippen LogP contribution in [0.2, 0.25) is 0 Å². The molecule has 4 fully saturated rings. The molecule has 2 saturated heterocycles. The van der Waals surface area contributed by atoms with Crippen LogP contribution >= 0.6 is 0 Å². The molecular formula is C18H29N3O3. The lowest BCUT2D eigenvalue weighted by Gasteiger charge is -2.39. The number of nitrogens with zero attached hydrogens (tertiary/aromatic N) is 2. The summed E-state index contributed by atoms with van der Waals surface area (Å²) in [6.45, 7) is 5.37. The molecule has 2 saturated carbocycles. The van der Waals surface area contributed by atoms with Gasteiger partial charge >= 0.3 is 0 Å². The molecule has 0 bridgehead atoms. The van der Waals surface area contributed by atoms with Gasteiger partial charge in [0.05, 0.1) is 19.1 Å². The molecule has 24 heavy (non-hydrogen) atoms. The van der Waals surface area contributed by atoms with E-state index < -0.39 is 0 Å². The Kier molecular flexibility index (Phi) is 4.52. The number of piperidine rings is 1.